The van der Waals surface area contributed by atoms with Gasteiger partial charge < -0.3 is 10.6 Å². The lowest BCUT2D eigenvalue weighted by atomic mass is 10.1. The maximum absolute atomic E-state index is 12.3. The van der Waals surface area contributed by atoms with Gasteiger partial charge in [0, 0.05) is 24.1 Å². The van der Waals surface area contributed by atoms with Gasteiger partial charge >= 0.3 is 0 Å². The van der Waals surface area contributed by atoms with Crippen LogP contribution in [0.4, 0.5) is 5.95 Å². The summed E-state index contributed by atoms with van der Waals surface area (Å²) in [5, 5.41) is 9.23. The zero-order valence-corrected chi connectivity index (χ0v) is 13.9. The number of benzene rings is 1. The summed E-state index contributed by atoms with van der Waals surface area (Å²) >= 11 is 0. The van der Waals surface area contributed by atoms with Gasteiger partial charge in [0.05, 0.1) is 30.4 Å². The Balaban J connectivity index is 1.80. The molecule has 0 radical (unpaired) electrons. The number of carbonyl (C=O) groups excluding carboxylic acids is 2. The van der Waals surface area contributed by atoms with Gasteiger partial charge in [-0.2, -0.15) is 5.26 Å². The molecule has 1 aromatic heterocycles. The zero-order valence-electron chi connectivity index (χ0n) is 13.9. The molecule has 0 spiro atoms. The molecule has 2 aliphatic heterocycles. The molecule has 1 unspecified atom stereocenters. The topological polar surface area (TPSA) is 116 Å². The maximum atomic E-state index is 12.3. The highest BCUT2D eigenvalue weighted by Crippen LogP contribution is 2.33. The molecule has 130 valence electrons. The van der Waals surface area contributed by atoms with E-state index in [-0.39, 0.29) is 24.8 Å². The summed E-state index contributed by atoms with van der Waals surface area (Å²) in [5.74, 6) is -0.991. The van der Waals surface area contributed by atoms with Crippen LogP contribution in [0, 0.1) is 17.4 Å². The molecule has 2 aromatic rings. The fourth-order valence-electron chi connectivity index (χ4n) is 3.36. The Morgan fingerprint density at radius 2 is 2.00 bits per heavy atom. The van der Waals surface area contributed by atoms with Gasteiger partial charge in [-0.1, -0.05) is 30.3 Å². The quantitative estimate of drug-likeness (QED) is 0.819. The van der Waals surface area contributed by atoms with E-state index < -0.39 is 11.8 Å². The number of nitriles is 1. The summed E-state index contributed by atoms with van der Waals surface area (Å²) in [6.07, 6.45) is 2.20. The van der Waals surface area contributed by atoms with Gasteiger partial charge in [-0.05, 0) is 0 Å². The number of hydrogen-bond acceptors (Lipinski definition) is 6. The molecular formula is C18H16N6O2. The van der Waals surface area contributed by atoms with Gasteiger partial charge in [0.15, 0.2) is 6.19 Å². The number of carbonyl (C=O) groups is 2. The van der Waals surface area contributed by atoms with Crippen LogP contribution in [-0.2, 0) is 22.7 Å². The van der Waals surface area contributed by atoms with E-state index in [2.05, 4.69) is 16.2 Å². The third-order valence-electron chi connectivity index (χ3n) is 4.73. The second-order valence-electron chi connectivity index (χ2n) is 6.43. The molecule has 0 saturated carbocycles. The molecule has 2 amide bonds. The van der Waals surface area contributed by atoms with E-state index in [1.54, 1.807) is 4.90 Å². The molecule has 4 rings (SSSR count). The van der Waals surface area contributed by atoms with Crippen LogP contribution in [0.25, 0.3) is 11.3 Å². The van der Waals surface area contributed by atoms with Gasteiger partial charge in [-0.3, -0.25) is 14.5 Å². The van der Waals surface area contributed by atoms with Crippen LogP contribution in [0.1, 0.15) is 17.7 Å². The maximum Gasteiger partial charge on any atom is 0.233 e. The van der Waals surface area contributed by atoms with Crippen LogP contribution in [0.15, 0.2) is 30.3 Å². The average Bonchev–Trinajstić information content (AvgIpc) is 3.24. The van der Waals surface area contributed by atoms with Crippen molar-refractivity contribution in [3.8, 4) is 17.5 Å². The van der Waals surface area contributed by atoms with Crippen molar-refractivity contribution in [2.75, 3.05) is 11.4 Å². The lowest BCUT2D eigenvalue weighted by Crippen LogP contribution is -2.30. The second-order valence-corrected chi connectivity index (χ2v) is 6.43. The Hall–Kier alpha value is -3.47. The fraction of sp³-hybridized carbons (Fsp3) is 0.278. The lowest BCUT2D eigenvalue weighted by molar-refractivity contribution is -0.123. The smallest absolute Gasteiger partial charge is 0.233 e. The summed E-state index contributed by atoms with van der Waals surface area (Å²) in [7, 11) is 0. The number of nitrogens with two attached hydrogens (primary N) is 1. The first-order valence-electron chi connectivity index (χ1n) is 8.26. The van der Waals surface area contributed by atoms with Crippen molar-refractivity contribution >= 4 is 17.8 Å². The summed E-state index contributed by atoms with van der Waals surface area (Å²) in [6.45, 7) is 1.000. The molecule has 8 nitrogen and oxygen atoms in total. The Labute approximate surface area is 149 Å². The van der Waals surface area contributed by atoms with E-state index in [1.165, 1.54) is 4.90 Å². The molecule has 2 aliphatic rings. The third kappa shape index (κ3) is 2.63. The summed E-state index contributed by atoms with van der Waals surface area (Å²) < 4.78 is 0. The highest BCUT2D eigenvalue weighted by Gasteiger charge is 2.36. The van der Waals surface area contributed by atoms with Gasteiger partial charge in [0.2, 0.25) is 17.8 Å². The summed E-state index contributed by atoms with van der Waals surface area (Å²) in [4.78, 5) is 35.9. The van der Waals surface area contributed by atoms with Gasteiger partial charge in [0.25, 0.3) is 0 Å². The summed E-state index contributed by atoms with van der Waals surface area (Å²) in [6, 6.07) is 9.59. The molecule has 1 saturated heterocycles. The second kappa shape index (κ2) is 6.11. The van der Waals surface area contributed by atoms with Gasteiger partial charge in [-0.25, -0.2) is 9.97 Å². The van der Waals surface area contributed by atoms with Crippen LogP contribution in [0.3, 0.4) is 0 Å². The summed E-state index contributed by atoms with van der Waals surface area (Å²) in [5.41, 5.74) is 8.56. The van der Waals surface area contributed by atoms with Crippen molar-refractivity contribution in [3.05, 3.63) is 41.6 Å². The van der Waals surface area contributed by atoms with Crippen LogP contribution >= 0.6 is 0 Å². The van der Waals surface area contributed by atoms with Crippen LogP contribution in [-0.4, -0.2) is 33.2 Å². The van der Waals surface area contributed by atoms with Crippen molar-refractivity contribution in [1.29, 1.82) is 5.26 Å². The number of rotatable bonds is 3. The molecule has 1 fully saturated rings. The largest absolute Gasteiger partial charge is 0.369 e. The fourth-order valence-corrected chi connectivity index (χ4v) is 3.36. The lowest BCUT2D eigenvalue weighted by Gasteiger charge is -2.17. The number of fused-ring (bicyclic) bond motifs is 1. The number of aromatic nitrogens is 2. The van der Waals surface area contributed by atoms with Crippen molar-refractivity contribution in [1.82, 2.24) is 14.9 Å². The predicted molar refractivity (Wildman–Crippen MR) is 92.0 cm³/mol. The number of nitrogens with zero attached hydrogens (tertiary/aromatic N) is 5. The Morgan fingerprint density at radius 1 is 1.23 bits per heavy atom. The molecule has 2 N–H and O–H groups in total. The normalized spacial score (nSPS) is 18.7. The zero-order chi connectivity index (χ0) is 18.3. The molecule has 8 heteroatoms. The standard InChI is InChI=1S/C18H16N6O2/c19-10-23-8-13-14(9-23)21-18(22-16(13)11-4-2-1-3-5-11)24-7-12(17(20)26)6-15(24)25/h1-5,12H,6-9H2,(H2,20,26). The molecule has 0 aliphatic carbocycles. The van der Waals surface area contributed by atoms with E-state index in [4.69, 9.17) is 5.73 Å². The van der Waals surface area contributed by atoms with Crippen molar-refractivity contribution < 1.29 is 9.59 Å². The SMILES string of the molecule is N#CN1Cc2nc(N3CC(C(N)=O)CC3=O)nc(-c3ccccc3)c2C1. The van der Waals surface area contributed by atoms with E-state index >= 15 is 0 Å². The van der Waals surface area contributed by atoms with Crippen molar-refractivity contribution in [3.63, 3.8) is 0 Å². The van der Waals surface area contributed by atoms with Gasteiger partial charge in [-0.15, -0.1) is 0 Å². The van der Waals surface area contributed by atoms with Crippen molar-refractivity contribution in [2.45, 2.75) is 19.5 Å². The van der Waals surface area contributed by atoms with Crippen molar-refractivity contribution in [2.24, 2.45) is 11.7 Å². The first kappa shape index (κ1) is 16.0. The van der Waals surface area contributed by atoms with E-state index in [9.17, 15) is 14.9 Å². The first-order chi connectivity index (χ1) is 12.6. The van der Waals surface area contributed by atoms with Crippen LogP contribution in [0.5, 0.6) is 0 Å². The Kier molecular flexibility index (Phi) is 3.77. The monoisotopic (exact) mass is 348 g/mol. The minimum atomic E-state index is -0.532. The molecule has 3 heterocycles. The van der Waals surface area contributed by atoms with Gasteiger partial charge in [0.1, 0.15) is 0 Å². The number of hydrogen-bond donors (Lipinski definition) is 1. The third-order valence-corrected chi connectivity index (χ3v) is 4.73. The molecule has 1 atom stereocenters. The number of anilines is 1. The highest BCUT2D eigenvalue weighted by atomic mass is 16.2. The molecule has 0 bridgehead atoms. The van der Waals surface area contributed by atoms with E-state index in [0.717, 1.165) is 16.8 Å². The van der Waals surface area contributed by atoms with E-state index in [0.29, 0.717) is 18.8 Å². The van der Waals surface area contributed by atoms with Crippen LogP contribution in [0.2, 0.25) is 0 Å². The van der Waals surface area contributed by atoms with Crippen LogP contribution < -0.4 is 10.6 Å². The molecule has 26 heavy (non-hydrogen) atoms. The van der Waals surface area contributed by atoms with E-state index in [1.807, 2.05) is 30.3 Å². The first-order valence-corrected chi connectivity index (χ1v) is 8.26. The molecular weight excluding hydrogens is 332 g/mol. The average molecular weight is 348 g/mol. The minimum Gasteiger partial charge on any atom is -0.369 e. The predicted octanol–water partition coefficient (Wildman–Crippen LogP) is 0.778. The highest BCUT2D eigenvalue weighted by molar-refractivity contribution is 5.99. The minimum absolute atomic E-state index is 0.0702. The molecule has 1 aromatic carbocycles. The Morgan fingerprint density at radius 3 is 2.65 bits per heavy atom. The number of amides is 2. The number of primary amides is 1. The Bertz CT molecular complexity index is 937.